The molecule has 0 aliphatic carbocycles. The molecular formula is C14H23N3. The molecule has 2 N–H and O–H groups in total. The van der Waals surface area contributed by atoms with Crippen LogP contribution in [-0.2, 0) is 6.54 Å². The lowest BCUT2D eigenvalue weighted by Gasteiger charge is -2.30. The molecule has 1 aliphatic rings. The summed E-state index contributed by atoms with van der Waals surface area (Å²) >= 11 is 0. The molecule has 17 heavy (non-hydrogen) atoms. The average molecular weight is 233 g/mol. The first-order valence-corrected chi connectivity index (χ1v) is 6.51. The van der Waals surface area contributed by atoms with Crippen molar-refractivity contribution in [1.29, 1.82) is 0 Å². The van der Waals surface area contributed by atoms with Crippen molar-refractivity contribution in [2.45, 2.75) is 19.0 Å². The van der Waals surface area contributed by atoms with Crippen LogP contribution in [-0.4, -0.2) is 44.2 Å². The van der Waals surface area contributed by atoms with Crippen molar-refractivity contribution in [3.05, 3.63) is 35.9 Å². The normalized spacial score (nSPS) is 21.6. The largest absolute Gasteiger partial charge is 0.313 e. The second-order valence-electron chi connectivity index (χ2n) is 4.86. The number of likely N-dealkylation sites (N-methyl/N-ethyl adjacent to an activating group) is 1. The minimum absolute atomic E-state index is 0.650. The zero-order valence-electron chi connectivity index (χ0n) is 10.7. The van der Waals surface area contributed by atoms with Crippen LogP contribution >= 0.6 is 0 Å². The molecule has 0 saturated carbocycles. The van der Waals surface area contributed by atoms with E-state index >= 15 is 0 Å². The van der Waals surface area contributed by atoms with Gasteiger partial charge < -0.3 is 15.5 Å². The summed E-state index contributed by atoms with van der Waals surface area (Å²) in [5.41, 5.74) is 1.36. The first kappa shape index (κ1) is 12.6. The first-order valence-electron chi connectivity index (χ1n) is 6.51. The van der Waals surface area contributed by atoms with E-state index in [-0.39, 0.29) is 0 Å². The summed E-state index contributed by atoms with van der Waals surface area (Å²) in [5, 5.41) is 7.07. The zero-order chi connectivity index (χ0) is 11.9. The topological polar surface area (TPSA) is 27.3 Å². The summed E-state index contributed by atoms with van der Waals surface area (Å²) in [7, 11) is 2.20. The maximum absolute atomic E-state index is 3.57. The van der Waals surface area contributed by atoms with Gasteiger partial charge in [0.05, 0.1) is 0 Å². The van der Waals surface area contributed by atoms with Crippen molar-refractivity contribution in [3.63, 3.8) is 0 Å². The van der Waals surface area contributed by atoms with Gasteiger partial charge in [-0.05, 0) is 25.6 Å². The van der Waals surface area contributed by atoms with Gasteiger partial charge in [-0.2, -0.15) is 0 Å². The average Bonchev–Trinajstić information content (AvgIpc) is 2.36. The quantitative estimate of drug-likeness (QED) is 0.745. The van der Waals surface area contributed by atoms with Gasteiger partial charge in [0.2, 0.25) is 0 Å². The van der Waals surface area contributed by atoms with E-state index in [4.69, 9.17) is 0 Å². The fourth-order valence-electron chi connectivity index (χ4n) is 2.29. The first-order chi connectivity index (χ1) is 8.34. The van der Waals surface area contributed by atoms with Crippen LogP contribution in [0.1, 0.15) is 12.0 Å². The molecule has 3 heteroatoms. The van der Waals surface area contributed by atoms with Crippen LogP contribution in [0.4, 0.5) is 0 Å². The van der Waals surface area contributed by atoms with Crippen molar-refractivity contribution >= 4 is 0 Å². The molecule has 1 aromatic carbocycles. The molecule has 1 atom stereocenters. The van der Waals surface area contributed by atoms with Gasteiger partial charge in [-0.25, -0.2) is 0 Å². The highest BCUT2D eigenvalue weighted by atomic mass is 15.2. The Bertz CT molecular complexity index is 313. The third-order valence-corrected chi connectivity index (χ3v) is 3.30. The van der Waals surface area contributed by atoms with Crippen LogP contribution in [0.5, 0.6) is 0 Å². The summed E-state index contributed by atoms with van der Waals surface area (Å²) in [5.74, 6) is 0. The van der Waals surface area contributed by atoms with E-state index in [1.165, 1.54) is 25.1 Å². The highest BCUT2D eigenvalue weighted by molar-refractivity contribution is 5.14. The number of rotatable bonds is 5. The SMILES string of the molecule is CN1CCNC(CCNCc2ccccc2)C1. The van der Waals surface area contributed by atoms with Gasteiger partial charge in [0.1, 0.15) is 0 Å². The number of hydrogen-bond acceptors (Lipinski definition) is 3. The second kappa shape index (κ2) is 6.74. The van der Waals surface area contributed by atoms with Gasteiger partial charge in [0, 0.05) is 32.2 Å². The van der Waals surface area contributed by atoms with E-state index in [0.717, 1.165) is 19.6 Å². The van der Waals surface area contributed by atoms with Gasteiger partial charge in [-0.1, -0.05) is 30.3 Å². The molecule has 1 heterocycles. The zero-order valence-corrected chi connectivity index (χ0v) is 10.7. The van der Waals surface area contributed by atoms with E-state index in [1.807, 2.05) is 0 Å². The Labute approximate surface area is 104 Å². The molecule has 1 aromatic rings. The molecule has 1 unspecified atom stereocenters. The van der Waals surface area contributed by atoms with E-state index in [1.54, 1.807) is 0 Å². The van der Waals surface area contributed by atoms with Crippen LogP contribution in [0.3, 0.4) is 0 Å². The van der Waals surface area contributed by atoms with Gasteiger partial charge in [0.15, 0.2) is 0 Å². The van der Waals surface area contributed by atoms with Crippen LogP contribution in [0.15, 0.2) is 30.3 Å². The monoisotopic (exact) mass is 233 g/mol. The molecule has 2 rings (SSSR count). The fourth-order valence-corrected chi connectivity index (χ4v) is 2.29. The Kier molecular flexibility index (Phi) is 4.98. The summed E-state index contributed by atoms with van der Waals surface area (Å²) < 4.78 is 0. The smallest absolute Gasteiger partial charge is 0.0207 e. The molecule has 1 aliphatic heterocycles. The van der Waals surface area contributed by atoms with Crippen LogP contribution in [0, 0.1) is 0 Å². The molecule has 0 spiro atoms. The van der Waals surface area contributed by atoms with Crippen molar-refractivity contribution < 1.29 is 0 Å². The Hall–Kier alpha value is -0.900. The fraction of sp³-hybridized carbons (Fsp3) is 0.571. The Morgan fingerprint density at radius 2 is 2.18 bits per heavy atom. The lowest BCUT2D eigenvalue weighted by Crippen LogP contribution is -2.49. The van der Waals surface area contributed by atoms with Gasteiger partial charge in [0.25, 0.3) is 0 Å². The third kappa shape index (κ3) is 4.46. The summed E-state index contributed by atoms with van der Waals surface area (Å²) in [6.07, 6.45) is 1.21. The second-order valence-corrected chi connectivity index (χ2v) is 4.86. The van der Waals surface area contributed by atoms with Gasteiger partial charge in [-0.3, -0.25) is 0 Å². The molecule has 0 radical (unpaired) electrons. The number of benzene rings is 1. The molecule has 0 aromatic heterocycles. The van der Waals surface area contributed by atoms with E-state index in [9.17, 15) is 0 Å². The van der Waals surface area contributed by atoms with Gasteiger partial charge in [-0.15, -0.1) is 0 Å². The Balaban J connectivity index is 1.60. The summed E-state index contributed by atoms with van der Waals surface area (Å²) in [6, 6.07) is 11.2. The molecule has 1 fully saturated rings. The molecule has 1 saturated heterocycles. The summed E-state index contributed by atoms with van der Waals surface area (Å²) in [6.45, 7) is 5.53. The van der Waals surface area contributed by atoms with Crippen molar-refractivity contribution in [2.75, 3.05) is 33.2 Å². The lowest BCUT2D eigenvalue weighted by molar-refractivity contribution is 0.231. The van der Waals surface area contributed by atoms with Crippen molar-refractivity contribution in [3.8, 4) is 0 Å². The van der Waals surface area contributed by atoms with Gasteiger partial charge >= 0.3 is 0 Å². The van der Waals surface area contributed by atoms with E-state index in [0.29, 0.717) is 6.04 Å². The highest BCUT2D eigenvalue weighted by Gasteiger charge is 2.15. The third-order valence-electron chi connectivity index (χ3n) is 3.30. The molecule has 0 amide bonds. The molecular weight excluding hydrogens is 210 g/mol. The number of hydrogen-bond donors (Lipinski definition) is 2. The Morgan fingerprint density at radius 1 is 1.35 bits per heavy atom. The van der Waals surface area contributed by atoms with Crippen molar-refractivity contribution in [2.24, 2.45) is 0 Å². The predicted molar refractivity (Wildman–Crippen MR) is 72.1 cm³/mol. The van der Waals surface area contributed by atoms with Crippen LogP contribution < -0.4 is 10.6 Å². The highest BCUT2D eigenvalue weighted by Crippen LogP contribution is 2.01. The molecule has 94 valence electrons. The summed E-state index contributed by atoms with van der Waals surface area (Å²) in [4.78, 5) is 2.40. The molecule has 0 bridgehead atoms. The predicted octanol–water partition coefficient (Wildman–Crippen LogP) is 1.07. The van der Waals surface area contributed by atoms with Crippen LogP contribution in [0.25, 0.3) is 0 Å². The minimum atomic E-state index is 0.650. The number of nitrogens with one attached hydrogen (secondary N) is 2. The Morgan fingerprint density at radius 3 is 2.94 bits per heavy atom. The maximum Gasteiger partial charge on any atom is 0.0207 e. The molecule has 3 nitrogen and oxygen atoms in total. The number of nitrogens with zero attached hydrogens (tertiary/aromatic N) is 1. The van der Waals surface area contributed by atoms with Crippen LogP contribution in [0.2, 0.25) is 0 Å². The van der Waals surface area contributed by atoms with Crippen molar-refractivity contribution in [1.82, 2.24) is 15.5 Å². The lowest BCUT2D eigenvalue weighted by atomic mass is 10.1. The number of piperazine rings is 1. The standard InChI is InChI=1S/C14H23N3/c1-17-10-9-16-14(12-17)7-8-15-11-13-5-3-2-4-6-13/h2-6,14-16H,7-12H2,1H3. The van der Waals surface area contributed by atoms with E-state index < -0.39 is 0 Å². The van der Waals surface area contributed by atoms with E-state index in [2.05, 4.69) is 52.9 Å². The maximum atomic E-state index is 3.57. The minimum Gasteiger partial charge on any atom is -0.313 e.